The van der Waals surface area contributed by atoms with Crippen molar-refractivity contribution in [3.8, 4) is 11.5 Å². The van der Waals surface area contributed by atoms with E-state index in [4.69, 9.17) is 9.47 Å². The summed E-state index contributed by atoms with van der Waals surface area (Å²) < 4.78 is 11.4. The highest BCUT2D eigenvalue weighted by Gasteiger charge is 2.18. The van der Waals surface area contributed by atoms with Crippen molar-refractivity contribution in [3.05, 3.63) is 40.7 Å². The highest BCUT2D eigenvalue weighted by molar-refractivity contribution is 7.99. The van der Waals surface area contributed by atoms with Crippen LogP contribution in [0.15, 0.2) is 18.2 Å². The summed E-state index contributed by atoms with van der Waals surface area (Å²) in [5.41, 5.74) is 4.95. The lowest BCUT2D eigenvalue weighted by Crippen LogP contribution is -2.40. The van der Waals surface area contributed by atoms with E-state index < -0.39 is 6.10 Å². The predicted octanol–water partition coefficient (Wildman–Crippen LogP) is 1.99. The number of hydrogen-bond acceptors (Lipinski definition) is 7. The summed E-state index contributed by atoms with van der Waals surface area (Å²) in [6.45, 7) is 4.48. The molecule has 1 aliphatic heterocycles. The van der Waals surface area contributed by atoms with Crippen molar-refractivity contribution in [2.45, 2.75) is 38.5 Å². The number of aromatic nitrogens is 2. The Morgan fingerprint density at radius 3 is 2.93 bits per heavy atom. The Morgan fingerprint density at radius 2 is 2.10 bits per heavy atom. The molecule has 2 aromatic rings. The zero-order valence-electron chi connectivity index (χ0n) is 17.7. The van der Waals surface area contributed by atoms with E-state index in [2.05, 4.69) is 20.4 Å². The standard InChI is InChI=1S/C22H32N4O3S/c1-28-22-11-16(12-23-13-20-18-3-2-4-19(18)24-25-20)5-6-21(22)29-15-17(27)14-26-7-9-30-10-8-26/h5-6,11,17,23,27H,2-4,7-10,12-15H2,1H3,(H,24,25)/t17-/m1/s1. The van der Waals surface area contributed by atoms with Crippen molar-refractivity contribution in [1.82, 2.24) is 20.4 Å². The summed E-state index contributed by atoms with van der Waals surface area (Å²) >= 11 is 1.97. The Bertz CT molecular complexity index is 823. The Labute approximate surface area is 182 Å². The number of rotatable bonds is 10. The molecule has 2 heterocycles. The van der Waals surface area contributed by atoms with Crippen molar-refractivity contribution in [2.24, 2.45) is 0 Å². The lowest BCUT2D eigenvalue weighted by molar-refractivity contribution is 0.0705. The van der Waals surface area contributed by atoms with Gasteiger partial charge in [0, 0.05) is 49.9 Å². The van der Waals surface area contributed by atoms with Gasteiger partial charge in [-0.2, -0.15) is 16.9 Å². The van der Waals surface area contributed by atoms with Crippen LogP contribution in [0.2, 0.25) is 0 Å². The van der Waals surface area contributed by atoms with Crippen LogP contribution in [0, 0.1) is 0 Å². The van der Waals surface area contributed by atoms with Crippen LogP contribution in [0.5, 0.6) is 11.5 Å². The maximum atomic E-state index is 10.3. The van der Waals surface area contributed by atoms with Gasteiger partial charge in [-0.1, -0.05) is 6.07 Å². The van der Waals surface area contributed by atoms with Crippen LogP contribution in [0.25, 0.3) is 0 Å². The first-order chi connectivity index (χ1) is 14.7. The molecule has 0 amide bonds. The maximum absolute atomic E-state index is 10.3. The number of benzene rings is 1. The average Bonchev–Trinajstić information content (AvgIpc) is 3.38. The zero-order valence-corrected chi connectivity index (χ0v) is 18.5. The molecule has 0 unspecified atom stereocenters. The van der Waals surface area contributed by atoms with Gasteiger partial charge in [0.05, 0.1) is 12.8 Å². The van der Waals surface area contributed by atoms with Crippen molar-refractivity contribution in [3.63, 3.8) is 0 Å². The fourth-order valence-corrected chi connectivity index (χ4v) is 5.10. The number of aliphatic hydroxyl groups is 1. The van der Waals surface area contributed by atoms with Crippen molar-refractivity contribution < 1.29 is 14.6 Å². The first-order valence-corrected chi connectivity index (χ1v) is 11.9. The number of thioether (sulfide) groups is 1. The maximum Gasteiger partial charge on any atom is 0.161 e. The smallest absolute Gasteiger partial charge is 0.161 e. The van der Waals surface area contributed by atoms with Gasteiger partial charge in [0.25, 0.3) is 0 Å². The second-order valence-corrected chi connectivity index (χ2v) is 9.17. The largest absolute Gasteiger partial charge is 0.493 e. The molecule has 7 nitrogen and oxygen atoms in total. The monoisotopic (exact) mass is 432 g/mol. The SMILES string of the molecule is COc1cc(CNCc2n[nH]c3c2CCC3)ccc1OC[C@H](O)CN1CCSCC1. The van der Waals surface area contributed by atoms with Gasteiger partial charge in [0.1, 0.15) is 12.7 Å². The molecule has 0 radical (unpaired) electrons. The number of β-amino-alcohol motifs (C(OH)–C–C–N with tert-alkyl or cyclic N) is 1. The number of hydrogen-bond donors (Lipinski definition) is 3. The van der Waals surface area contributed by atoms with E-state index in [-0.39, 0.29) is 6.61 Å². The molecule has 4 rings (SSSR count). The molecule has 8 heteroatoms. The molecule has 0 spiro atoms. The van der Waals surface area contributed by atoms with Gasteiger partial charge in [-0.05, 0) is 42.5 Å². The number of nitrogens with zero attached hydrogens (tertiary/aromatic N) is 2. The fraction of sp³-hybridized carbons (Fsp3) is 0.591. The van der Waals surface area contributed by atoms with Gasteiger partial charge >= 0.3 is 0 Å². The van der Waals surface area contributed by atoms with Crippen LogP contribution in [-0.4, -0.2) is 71.2 Å². The quantitative estimate of drug-likeness (QED) is 0.530. The first kappa shape index (κ1) is 21.5. The van der Waals surface area contributed by atoms with Crippen LogP contribution >= 0.6 is 11.8 Å². The lowest BCUT2D eigenvalue weighted by atomic mass is 10.1. The van der Waals surface area contributed by atoms with Gasteiger partial charge in [-0.15, -0.1) is 0 Å². The number of aliphatic hydroxyl groups excluding tert-OH is 1. The normalized spacial score (nSPS) is 17.7. The summed E-state index contributed by atoms with van der Waals surface area (Å²) in [5.74, 6) is 3.63. The highest BCUT2D eigenvalue weighted by atomic mass is 32.2. The Balaban J connectivity index is 1.25. The van der Waals surface area contributed by atoms with E-state index in [1.165, 1.54) is 17.7 Å². The van der Waals surface area contributed by atoms with E-state index in [1.54, 1.807) is 7.11 Å². The lowest BCUT2D eigenvalue weighted by Gasteiger charge is -2.28. The molecule has 3 N–H and O–H groups in total. The second kappa shape index (κ2) is 10.5. The summed E-state index contributed by atoms with van der Waals surface area (Å²) in [7, 11) is 1.65. The molecule has 0 saturated carbocycles. The third-order valence-corrected chi connectivity index (χ3v) is 6.69. The van der Waals surface area contributed by atoms with E-state index in [1.807, 2.05) is 30.0 Å². The average molecular weight is 433 g/mol. The Kier molecular flexibility index (Phi) is 7.54. The van der Waals surface area contributed by atoms with Crippen molar-refractivity contribution in [1.29, 1.82) is 0 Å². The van der Waals surface area contributed by atoms with Crippen LogP contribution in [0.4, 0.5) is 0 Å². The summed E-state index contributed by atoms with van der Waals surface area (Å²) in [6, 6.07) is 5.95. The van der Waals surface area contributed by atoms with Crippen molar-refractivity contribution in [2.75, 3.05) is 44.9 Å². The van der Waals surface area contributed by atoms with Gasteiger partial charge in [-0.3, -0.25) is 10.00 Å². The number of H-pyrrole nitrogens is 1. The number of fused-ring (bicyclic) bond motifs is 1. The molecule has 1 aromatic carbocycles. The minimum absolute atomic E-state index is 0.266. The number of aromatic amines is 1. The molecule has 0 bridgehead atoms. The third kappa shape index (κ3) is 5.49. The molecule has 30 heavy (non-hydrogen) atoms. The van der Waals surface area contributed by atoms with Crippen LogP contribution in [0.1, 0.15) is 28.9 Å². The van der Waals surface area contributed by atoms with Gasteiger partial charge in [-0.25, -0.2) is 0 Å². The number of ether oxygens (including phenoxy) is 2. The highest BCUT2D eigenvalue weighted by Crippen LogP contribution is 2.28. The predicted molar refractivity (Wildman–Crippen MR) is 119 cm³/mol. The van der Waals surface area contributed by atoms with Gasteiger partial charge in [0.15, 0.2) is 11.5 Å². The number of methoxy groups -OCH3 is 1. The van der Waals surface area contributed by atoms with E-state index in [0.29, 0.717) is 18.0 Å². The minimum atomic E-state index is -0.505. The van der Waals surface area contributed by atoms with E-state index in [0.717, 1.165) is 61.8 Å². The Hall–Kier alpha value is -1.74. The molecular formula is C22H32N4O3S. The van der Waals surface area contributed by atoms with Crippen LogP contribution in [0.3, 0.4) is 0 Å². The Morgan fingerprint density at radius 1 is 1.23 bits per heavy atom. The minimum Gasteiger partial charge on any atom is -0.493 e. The van der Waals surface area contributed by atoms with Gasteiger partial charge in [0.2, 0.25) is 0 Å². The second-order valence-electron chi connectivity index (χ2n) is 7.95. The molecule has 164 valence electrons. The third-order valence-electron chi connectivity index (χ3n) is 5.75. The molecule has 2 aliphatic rings. The summed E-state index contributed by atoms with van der Waals surface area (Å²) in [4.78, 5) is 2.30. The van der Waals surface area contributed by atoms with Crippen LogP contribution < -0.4 is 14.8 Å². The summed E-state index contributed by atoms with van der Waals surface area (Å²) in [6.07, 6.45) is 2.97. The van der Waals surface area contributed by atoms with Gasteiger partial charge < -0.3 is 19.9 Å². The fourth-order valence-electron chi connectivity index (χ4n) is 4.12. The first-order valence-electron chi connectivity index (χ1n) is 10.8. The molecule has 1 atom stereocenters. The molecule has 1 aliphatic carbocycles. The summed E-state index contributed by atoms with van der Waals surface area (Å²) in [5, 5.41) is 21.4. The molecule has 1 fully saturated rings. The van der Waals surface area contributed by atoms with Crippen LogP contribution in [-0.2, 0) is 25.9 Å². The number of nitrogens with one attached hydrogen (secondary N) is 2. The topological polar surface area (TPSA) is 82.6 Å². The van der Waals surface area contributed by atoms with Crippen molar-refractivity contribution >= 4 is 11.8 Å². The zero-order chi connectivity index (χ0) is 20.8. The molecular weight excluding hydrogens is 400 g/mol. The number of aryl methyl sites for hydroxylation is 1. The van der Waals surface area contributed by atoms with E-state index >= 15 is 0 Å². The molecule has 1 saturated heterocycles. The van der Waals surface area contributed by atoms with E-state index in [9.17, 15) is 5.11 Å². The molecule has 1 aromatic heterocycles.